The lowest BCUT2D eigenvalue weighted by molar-refractivity contribution is -0.275. The number of carbonyl (C=O) groups excluding carboxylic acids is 1. The van der Waals surface area contributed by atoms with E-state index in [0.29, 0.717) is 6.07 Å². The second-order valence-corrected chi connectivity index (χ2v) is 3.37. The van der Waals surface area contributed by atoms with Crippen LogP contribution in [0.2, 0.25) is 0 Å². The maximum atomic E-state index is 12.5. The average molecular weight is 301 g/mol. The molecule has 0 unspecified atom stereocenters. The zero-order valence-corrected chi connectivity index (χ0v) is 9.88. The highest BCUT2D eigenvalue weighted by Crippen LogP contribution is 2.26. The fraction of sp³-hybridized carbons (Fsp3) is 0.400. The smallest absolute Gasteiger partial charge is 0.462 e. The van der Waals surface area contributed by atoms with Crippen molar-refractivity contribution in [1.82, 2.24) is 4.98 Å². The van der Waals surface area contributed by atoms with Gasteiger partial charge in [0.05, 0.1) is 12.3 Å². The van der Waals surface area contributed by atoms with Crippen LogP contribution in [0, 0.1) is 0 Å². The van der Waals surface area contributed by atoms with Gasteiger partial charge in [0, 0.05) is 0 Å². The standard InChI is InChI=1S/C10H8F5NO4/c1-2-19-9(18)4-3-5(7(11)12)16-8(17)6(4)20-10(13,14)15/h3,7H,2H2,1H3,(H,16,17). The number of aromatic nitrogens is 1. The van der Waals surface area contributed by atoms with E-state index in [1.54, 1.807) is 0 Å². The lowest BCUT2D eigenvalue weighted by Gasteiger charge is -2.12. The molecule has 0 saturated heterocycles. The van der Waals surface area contributed by atoms with Crippen LogP contribution in [0.1, 0.15) is 29.4 Å². The van der Waals surface area contributed by atoms with Crippen LogP contribution in [0.4, 0.5) is 22.0 Å². The summed E-state index contributed by atoms with van der Waals surface area (Å²) in [6, 6.07) is 0.380. The first-order chi connectivity index (χ1) is 9.15. The second-order valence-electron chi connectivity index (χ2n) is 3.37. The number of nitrogens with one attached hydrogen (secondary N) is 1. The van der Waals surface area contributed by atoms with Crippen LogP contribution in [0.3, 0.4) is 0 Å². The zero-order valence-electron chi connectivity index (χ0n) is 9.88. The first-order valence-corrected chi connectivity index (χ1v) is 5.14. The molecule has 0 aliphatic carbocycles. The Bertz CT molecular complexity index is 552. The van der Waals surface area contributed by atoms with Gasteiger partial charge in [-0.15, -0.1) is 13.2 Å². The number of alkyl halides is 5. The van der Waals surface area contributed by atoms with E-state index in [9.17, 15) is 31.5 Å². The van der Waals surface area contributed by atoms with Crippen molar-refractivity contribution in [3.63, 3.8) is 0 Å². The summed E-state index contributed by atoms with van der Waals surface area (Å²) < 4.78 is 69.1. The molecule has 0 aliphatic heterocycles. The second kappa shape index (κ2) is 5.88. The van der Waals surface area contributed by atoms with Crippen molar-refractivity contribution in [2.75, 3.05) is 6.61 Å². The van der Waals surface area contributed by atoms with Crippen LogP contribution in [0.15, 0.2) is 10.9 Å². The van der Waals surface area contributed by atoms with Gasteiger partial charge in [-0.2, -0.15) is 0 Å². The minimum absolute atomic E-state index is 0.221. The largest absolute Gasteiger partial charge is 0.573 e. The molecule has 1 aromatic heterocycles. The minimum atomic E-state index is -5.26. The van der Waals surface area contributed by atoms with E-state index in [-0.39, 0.29) is 6.61 Å². The van der Waals surface area contributed by atoms with Crippen molar-refractivity contribution in [1.29, 1.82) is 0 Å². The molecule has 0 spiro atoms. The fourth-order valence-corrected chi connectivity index (χ4v) is 1.26. The van der Waals surface area contributed by atoms with Gasteiger partial charge in [-0.05, 0) is 13.0 Å². The van der Waals surface area contributed by atoms with Crippen molar-refractivity contribution >= 4 is 5.97 Å². The molecular formula is C10H8F5NO4. The van der Waals surface area contributed by atoms with Gasteiger partial charge >= 0.3 is 12.3 Å². The van der Waals surface area contributed by atoms with E-state index in [1.807, 2.05) is 0 Å². The summed E-state index contributed by atoms with van der Waals surface area (Å²) in [5, 5.41) is 0. The number of hydrogen-bond donors (Lipinski definition) is 1. The third kappa shape index (κ3) is 3.93. The highest BCUT2D eigenvalue weighted by Gasteiger charge is 2.35. The lowest BCUT2D eigenvalue weighted by Crippen LogP contribution is -2.26. The fourth-order valence-electron chi connectivity index (χ4n) is 1.26. The van der Waals surface area contributed by atoms with Crippen LogP contribution in [-0.4, -0.2) is 23.9 Å². The molecular weight excluding hydrogens is 293 g/mol. The molecule has 1 aromatic rings. The Hall–Kier alpha value is -2.13. The molecule has 1 rings (SSSR count). The van der Waals surface area contributed by atoms with Crippen molar-refractivity contribution < 1.29 is 36.2 Å². The molecule has 0 atom stereocenters. The summed E-state index contributed by atoms with van der Waals surface area (Å²) in [5.74, 6) is -2.82. The summed E-state index contributed by atoms with van der Waals surface area (Å²) in [4.78, 5) is 24.2. The number of H-pyrrole nitrogens is 1. The minimum Gasteiger partial charge on any atom is -0.462 e. The van der Waals surface area contributed by atoms with Gasteiger partial charge in [-0.25, -0.2) is 13.6 Å². The van der Waals surface area contributed by atoms with Gasteiger partial charge in [0.25, 0.3) is 12.0 Å². The normalized spacial score (nSPS) is 11.6. The first-order valence-electron chi connectivity index (χ1n) is 5.14. The van der Waals surface area contributed by atoms with Gasteiger partial charge in [-0.3, -0.25) is 4.79 Å². The quantitative estimate of drug-likeness (QED) is 0.685. The Kier molecular flexibility index (Phi) is 4.69. The monoisotopic (exact) mass is 301 g/mol. The van der Waals surface area contributed by atoms with E-state index in [1.165, 1.54) is 11.9 Å². The molecule has 20 heavy (non-hydrogen) atoms. The van der Waals surface area contributed by atoms with Gasteiger partial charge in [-0.1, -0.05) is 0 Å². The predicted octanol–water partition coefficient (Wildman–Crippen LogP) is 2.39. The van der Waals surface area contributed by atoms with E-state index in [0.717, 1.165) is 0 Å². The van der Waals surface area contributed by atoms with E-state index < -0.39 is 41.3 Å². The number of carbonyl (C=O) groups is 1. The molecule has 10 heteroatoms. The van der Waals surface area contributed by atoms with Crippen molar-refractivity contribution in [2.45, 2.75) is 19.7 Å². The Morgan fingerprint density at radius 2 is 2.00 bits per heavy atom. The van der Waals surface area contributed by atoms with Crippen LogP contribution < -0.4 is 10.3 Å². The lowest BCUT2D eigenvalue weighted by atomic mass is 10.2. The van der Waals surface area contributed by atoms with E-state index in [2.05, 4.69) is 9.47 Å². The van der Waals surface area contributed by atoms with Crippen molar-refractivity contribution in [2.24, 2.45) is 0 Å². The molecule has 0 fully saturated rings. The third-order valence-electron chi connectivity index (χ3n) is 1.96. The number of aromatic amines is 1. The molecule has 0 radical (unpaired) electrons. The Labute approximate surface area is 108 Å². The number of pyridine rings is 1. The van der Waals surface area contributed by atoms with Crippen LogP contribution in [0.5, 0.6) is 5.75 Å². The zero-order chi connectivity index (χ0) is 15.5. The molecule has 5 nitrogen and oxygen atoms in total. The van der Waals surface area contributed by atoms with Crippen LogP contribution in [0.25, 0.3) is 0 Å². The molecule has 1 heterocycles. The summed E-state index contributed by atoms with van der Waals surface area (Å²) in [6.45, 7) is 1.13. The van der Waals surface area contributed by atoms with Gasteiger partial charge in [0.15, 0.2) is 0 Å². The van der Waals surface area contributed by atoms with Gasteiger partial charge in [0.1, 0.15) is 5.56 Å². The number of rotatable bonds is 4. The molecule has 0 saturated carbocycles. The molecule has 0 aliphatic rings. The third-order valence-corrected chi connectivity index (χ3v) is 1.96. The number of hydrogen-bond acceptors (Lipinski definition) is 4. The molecule has 0 aromatic carbocycles. The van der Waals surface area contributed by atoms with Gasteiger partial charge < -0.3 is 14.5 Å². The summed E-state index contributed by atoms with van der Waals surface area (Å²) in [7, 11) is 0. The molecule has 1 N–H and O–H groups in total. The predicted molar refractivity (Wildman–Crippen MR) is 54.7 cm³/mol. The maximum absolute atomic E-state index is 12.5. The number of halogens is 5. The summed E-state index contributed by atoms with van der Waals surface area (Å²) in [6.07, 6.45) is -8.45. The van der Waals surface area contributed by atoms with Crippen molar-refractivity contribution in [3.05, 3.63) is 27.7 Å². The van der Waals surface area contributed by atoms with Crippen LogP contribution >= 0.6 is 0 Å². The number of ether oxygens (including phenoxy) is 2. The Balaban J connectivity index is 3.40. The summed E-state index contributed by atoms with van der Waals surface area (Å²) in [5.41, 5.74) is -3.65. The van der Waals surface area contributed by atoms with Crippen LogP contribution in [-0.2, 0) is 4.74 Å². The molecule has 0 amide bonds. The summed E-state index contributed by atoms with van der Waals surface area (Å²) >= 11 is 0. The Morgan fingerprint density at radius 1 is 1.40 bits per heavy atom. The highest BCUT2D eigenvalue weighted by molar-refractivity contribution is 5.92. The number of esters is 1. The van der Waals surface area contributed by atoms with Gasteiger partial charge in [0.2, 0.25) is 5.75 Å². The molecule has 112 valence electrons. The van der Waals surface area contributed by atoms with E-state index in [4.69, 9.17) is 0 Å². The Morgan fingerprint density at radius 3 is 2.45 bits per heavy atom. The van der Waals surface area contributed by atoms with Crippen molar-refractivity contribution in [3.8, 4) is 5.75 Å². The maximum Gasteiger partial charge on any atom is 0.573 e. The topological polar surface area (TPSA) is 68.4 Å². The average Bonchev–Trinajstić information content (AvgIpc) is 2.29. The first kappa shape index (κ1) is 15.9. The highest BCUT2D eigenvalue weighted by atomic mass is 19.4. The van der Waals surface area contributed by atoms with E-state index >= 15 is 0 Å². The SMILES string of the molecule is CCOC(=O)c1cc(C(F)F)[nH]c(=O)c1OC(F)(F)F. The molecule has 0 bridgehead atoms.